The van der Waals surface area contributed by atoms with Crippen molar-refractivity contribution in [1.82, 2.24) is 30.2 Å². The highest BCUT2D eigenvalue weighted by Gasteiger charge is 2.43. The van der Waals surface area contributed by atoms with Gasteiger partial charge in [-0.25, -0.2) is 19.0 Å². The Morgan fingerprint density at radius 1 is 0.695 bits per heavy atom. The first-order chi connectivity index (χ1) is 28.0. The molecule has 0 spiro atoms. The van der Waals surface area contributed by atoms with Gasteiger partial charge in [0.05, 0.1) is 35.7 Å². The number of amides is 2. The van der Waals surface area contributed by atoms with Gasteiger partial charge >= 0.3 is 11.6 Å². The van der Waals surface area contributed by atoms with Gasteiger partial charge in [-0.15, -0.1) is 0 Å². The first-order valence-corrected chi connectivity index (χ1v) is 19.3. The lowest BCUT2D eigenvalue weighted by Gasteiger charge is -2.21. The lowest BCUT2D eigenvalue weighted by atomic mass is 10.1. The van der Waals surface area contributed by atoms with Gasteiger partial charge in [-0.05, 0) is 67.5 Å². The van der Waals surface area contributed by atoms with E-state index in [0.717, 1.165) is 28.2 Å². The zero-order valence-electron chi connectivity index (χ0n) is 34.5. The zero-order valence-corrected chi connectivity index (χ0v) is 35.2. The number of hydrogen-bond donors (Lipinski definition) is 3. The minimum absolute atomic E-state index is 0.0123. The number of benzene rings is 2. The number of aromatic nitrogens is 4. The lowest BCUT2D eigenvalue weighted by Crippen LogP contribution is -2.39. The van der Waals surface area contributed by atoms with E-state index in [0.29, 0.717) is 25.5 Å². The summed E-state index contributed by atoms with van der Waals surface area (Å²) in [5, 5.41) is 24.9. The van der Waals surface area contributed by atoms with Gasteiger partial charge in [0.2, 0.25) is 0 Å². The summed E-state index contributed by atoms with van der Waals surface area (Å²) >= 11 is 4.84. The van der Waals surface area contributed by atoms with Gasteiger partial charge in [0.1, 0.15) is 19.0 Å². The van der Waals surface area contributed by atoms with Gasteiger partial charge in [-0.3, -0.25) is 9.59 Å². The largest absolute Gasteiger partial charge is 0.513 e. The van der Waals surface area contributed by atoms with Gasteiger partial charge in [-0.2, -0.15) is 10.2 Å². The average molecular weight is 835 g/mol. The standard InChI is InChI=1S/C21H25N3O5.C16H17N3O2.C5H9ClO3/c1-5-27-11-12-28-20(26)29-18-17(19(25)22-21(18,3)4)24-14(2)13-16(23-24)15-9-7-6-8-10-15;1-10-9-12(11-7-5-4-6-8-11)18-19(10)13-14(20)16(2,3)17-15(13)21;1-2-8-3-4-9-5(6)7/h6-10,13H,5,11-12H2,1-4H3,(H,22,25);4-9,20H,1-3H3,(H,17,21);2-4H2,1H3. The number of aliphatic hydroxyl groups is 1. The molecule has 16 nitrogen and oxygen atoms in total. The molecule has 0 saturated carbocycles. The summed E-state index contributed by atoms with van der Waals surface area (Å²) < 4.78 is 27.8. The van der Waals surface area contributed by atoms with Crippen LogP contribution in [0.1, 0.15) is 52.9 Å². The van der Waals surface area contributed by atoms with Crippen LogP contribution in [0.25, 0.3) is 33.9 Å². The summed E-state index contributed by atoms with van der Waals surface area (Å²) in [4.78, 5) is 46.8. The van der Waals surface area contributed by atoms with Crippen LogP contribution in [0.15, 0.2) is 84.3 Å². The molecule has 2 aliphatic rings. The van der Waals surface area contributed by atoms with Crippen LogP contribution in [0.4, 0.5) is 9.59 Å². The van der Waals surface area contributed by atoms with Crippen LogP contribution in [-0.4, -0.2) is 98.8 Å². The molecule has 0 unspecified atom stereocenters. The van der Waals surface area contributed by atoms with E-state index >= 15 is 0 Å². The maximum atomic E-state index is 12.7. The smallest absolute Gasteiger partial charge is 0.507 e. The zero-order chi connectivity index (χ0) is 43.3. The van der Waals surface area contributed by atoms with Crippen LogP contribution >= 0.6 is 11.6 Å². The number of halogens is 1. The lowest BCUT2D eigenvalue weighted by molar-refractivity contribution is -0.117. The molecule has 2 aliphatic heterocycles. The Labute approximate surface area is 348 Å². The molecule has 0 atom stereocenters. The number of nitrogens with one attached hydrogen (secondary N) is 2. The number of ether oxygens (including phenoxy) is 5. The van der Waals surface area contributed by atoms with Crippen molar-refractivity contribution in [3.8, 4) is 22.5 Å². The Morgan fingerprint density at radius 2 is 1.14 bits per heavy atom. The van der Waals surface area contributed by atoms with E-state index in [9.17, 15) is 24.3 Å². The first-order valence-electron chi connectivity index (χ1n) is 18.9. The fourth-order valence-electron chi connectivity index (χ4n) is 5.84. The highest BCUT2D eigenvalue weighted by atomic mass is 35.5. The normalized spacial score (nSPS) is 15.1. The molecular formula is C42H51ClN6O10. The fraction of sp³-hybridized carbons (Fsp3) is 0.381. The third kappa shape index (κ3) is 12.0. The molecule has 4 aromatic rings. The molecule has 0 aliphatic carbocycles. The second-order valence-corrected chi connectivity index (χ2v) is 14.4. The summed E-state index contributed by atoms with van der Waals surface area (Å²) in [7, 11) is 0. The SMILES string of the molecule is CCOCCOC(=O)Cl.CCOCCOC(=O)OC1=C(n2nc(-c3ccccc3)cc2C)C(=O)NC1(C)C.Cc1cc(-c2ccccc2)nn1C1=C(O)C(C)(C)NC1=O. The van der Waals surface area contributed by atoms with Crippen molar-refractivity contribution >= 4 is 46.4 Å². The Morgan fingerprint density at radius 3 is 1.58 bits per heavy atom. The van der Waals surface area contributed by atoms with Crippen molar-refractivity contribution < 1.29 is 48.0 Å². The molecule has 17 heteroatoms. The Kier molecular flexibility index (Phi) is 16.0. The van der Waals surface area contributed by atoms with E-state index in [4.69, 9.17) is 30.5 Å². The molecule has 2 aromatic heterocycles. The Balaban J connectivity index is 0.000000223. The second-order valence-electron chi connectivity index (χ2n) is 14.1. The third-order valence-corrected chi connectivity index (χ3v) is 8.81. The predicted octanol–water partition coefficient (Wildman–Crippen LogP) is 7.02. The van der Waals surface area contributed by atoms with E-state index in [1.165, 1.54) is 9.36 Å². The van der Waals surface area contributed by atoms with Gasteiger partial charge in [0.25, 0.3) is 11.8 Å². The molecule has 2 aromatic carbocycles. The minimum Gasteiger partial charge on any atom is -0.507 e. The number of carbonyl (C=O) groups is 4. The van der Waals surface area contributed by atoms with Gasteiger partial charge < -0.3 is 39.4 Å². The quantitative estimate of drug-likeness (QED) is 0.0709. The Hall–Kier alpha value is -5.97. The molecule has 316 valence electrons. The molecule has 4 heterocycles. The predicted molar refractivity (Wildman–Crippen MR) is 221 cm³/mol. The van der Waals surface area contributed by atoms with Crippen molar-refractivity contribution in [3.05, 3.63) is 95.7 Å². The highest BCUT2D eigenvalue weighted by Crippen LogP contribution is 2.33. The first kappa shape index (κ1) is 45.7. The topological polar surface area (TPSA) is 194 Å². The third-order valence-electron chi connectivity index (χ3n) is 8.70. The molecule has 6 rings (SSSR count). The summed E-state index contributed by atoms with van der Waals surface area (Å²) in [6.45, 7) is 16.6. The summed E-state index contributed by atoms with van der Waals surface area (Å²) in [5.41, 5.74) is 2.82. The molecule has 2 amide bonds. The maximum absolute atomic E-state index is 12.7. The van der Waals surface area contributed by atoms with Gasteiger partial charge in [0, 0.05) is 47.3 Å². The van der Waals surface area contributed by atoms with Crippen molar-refractivity contribution in [2.75, 3.05) is 39.6 Å². The van der Waals surface area contributed by atoms with E-state index in [1.807, 2.05) is 100 Å². The van der Waals surface area contributed by atoms with E-state index in [2.05, 4.69) is 25.6 Å². The molecule has 0 fully saturated rings. The monoisotopic (exact) mass is 834 g/mol. The molecule has 3 N–H and O–H groups in total. The van der Waals surface area contributed by atoms with E-state index in [1.54, 1.807) is 27.7 Å². The minimum atomic E-state index is -0.894. The summed E-state index contributed by atoms with van der Waals surface area (Å²) in [5.74, 6) is -0.519. The molecule has 0 saturated heterocycles. The van der Waals surface area contributed by atoms with Crippen LogP contribution < -0.4 is 10.6 Å². The summed E-state index contributed by atoms with van der Waals surface area (Å²) in [6, 6.07) is 23.1. The van der Waals surface area contributed by atoms with Crippen LogP contribution in [0.2, 0.25) is 0 Å². The second kappa shape index (κ2) is 20.6. The van der Waals surface area contributed by atoms with Crippen molar-refractivity contribution in [2.24, 2.45) is 0 Å². The van der Waals surface area contributed by atoms with Crippen LogP contribution in [0.3, 0.4) is 0 Å². The Bertz CT molecular complexity index is 2160. The van der Waals surface area contributed by atoms with Gasteiger partial charge in [0.15, 0.2) is 17.2 Å². The molecule has 0 radical (unpaired) electrons. The van der Waals surface area contributed by atoms with E-state index in [-0.39, 0.29) is 54.5 Å². The van der Waals surface area contributed by atoms with Crippen molar-refractivity contribution in [3.63, 3.8) is 0 Å². The molecule has 0 bridgehead atoms. The van der Waals surface area contributed by atoms with Gasteiger partial charge in [-0.1, -0.05) is 60.7 Å². The average Bonchev–Trinajstić information content (AvgIpc) is 3.88. The molecule has 59 heavy (non-hydrogen) atoms. The number of hydrogen-bond acceptors (Lipinski definition) is 12. The number of aliphatic hydroxyl groups excluding tert-OH is 1. The molecular weight excluding hydrogens is 784 g/mol. The van der Waals surface area contributed by atoms with E-state index < -0.39 is 22.7 Å². The number of rotatable bonds is 13. The van der Waals surface area contributed by atoms with Crippen LogP contribution in [0.5, 0.6) is 0 Å². The maximum Gasteiger partial charge on any atom is 0.513 e. The van der Waals surface area contributed by atoms with Crippen LogP contribution in [0, 0.1) is 13.8 Å². The van der Waals surface area contributed by atoms with Crippen LogP contribution in [-0.2, 0) is 33.3 Å². The highest BCUT2D eigenvalue weighted by molar-refractivity contribution is 6.61. The summed E-state index contributed by atoms with van der Waals surface area (Å²) in [6.07, 6.45) is -0.894. The number of carbonyl (C=O) groups excluding carboxylic acids is 4. The van der Waals surface area contributed by atoms with Crippen molar-refractivity contribution in [1.29, 1.82) is 0 Å². The fourth-order valence-corrected chi connectivity index (χ4v) is 5.91. The number of aryl methyl sites for hydroxylation is 2. The van der Waals surface area contributed by atoms with Crippen molar-refractivity contribution in [2.45, 2.75) is 66.5 Å². The number of nitrogens with zero attached hydrogens (tertiary/aromatic N) is 4.